The molecule has 0 fully saturated rings. The molecule has 0 saturated heterocycles. The Hall–Kier alpha value is 0.411. The second kappa shape index (κ2) is 16.6. The molecule has 0 rings (SSSR count). The third-order valence-electron chi connectivity index (χ3n) is 2.82. The molecule has 0 spiro atoms. The molecule has 6 nitrogen and oxygen atoms in total. The number of hydrogen-bond donors (Lipinski definition) is 2. The zero-order valence-corrected chi connectivity index (χ0v) is 17.7. The summed E-state index contributed by atoms with van der Waals surface area (Å²) in [6, 6.07) is 0.797. The maximum absolute atomic E-state index is 6.35. The Morgan fingerprint density at radius 2 is 1.32 bits per heavy atom. The molecule has 0 heterocycles. The third kappa shape index (κ3) is 17.6. The van der Waals surface area contributed by atoms with Gasteiger partial charge in [-0.15, -0.1) is 0 Å². The largest absolute Gasteiger partial charge is 0.481 e. The van der Waals surface area contributed by atoms with Gasteiger partial charge < -0.3 is 28.1 Å². The monoisotopic (exact) mass is 418 g/mol. The lowest BCUT2D eigenvalue weighted by Crippen LogP contribution is -2.57. The molecule has 0 aromatic heterocycles. The quantitative estimate of drug-likeness (QED) is 0.364. The molecule has 0 aliphatic heterocycles. The number of nitrogens with two attached hydrogens (primary N) is 1. The van der Waals surface area contributed by atoms with E-state index in [4.69, 9.17) is 22.8 Å². The van der Waals surface area contributed by atoms with Gasteiger partial charge in [-0.3, -0.25) is 0 Å². The summed E-state index contributed by atoms with van der Waals surface area (Å²) in [5.41, 5.74) is 5.47. The highest BCUT2D eigenvalue weighted by Gasteiger charge is 2.48. The Balaban J connectivity index is -0.000000333. The van der Waals surface area contributed by atoms with Gasteiger partial charge in [-0.25, -0.2) is 0 Å². The molecule has 1 atom stereocenters. The second-order valence-corrected chi connectivity index (χ2v) is 17.8. The van der Waals surface area contributed by atoms with E-state index in [0.717, 1.165) is 25.6 Å². The van der Waals surface area contributed by atoms with Crippen LogP contribution in [0.4, 0.5) is 0 Å². The molecular formula is C16H50N2O4Si3. The van der Waals surface area contributed by atoms with Crippen LogP contribution in [0.3, 0.4) is 0 Å². The van der Waals surface area contributed by atoms with Crippen molar-refractivity contribution in [2.45, 2.75) is 74.9 Å². The van der Waals surface area contributed by atoms with E-state index in [9.17, 15) is 0 Å². The Morgan fingerprint density at radius 3 is 1.68 bits per heavy atom. The van der Waals surface area contributed by atoms with Crippen LogP contribution in [0.5, 0.6) is 0 Å². The van der Waals surface area contributed by atoms with Crippen molar-refractivity contribution in [2.75, 3.05) is 33.9 Å². The summed E-state index contributed by atoms with van der Waals surface area (Å²) in [4.78, 5) is 0. The molecule has 0 aliphatic carbocycles. The molecule has 9 heteroatoms. The molecule has 0 bridgehead atoms. The third-order valence-corrected chi connectivity index (χ3v) is 12.3. The summed E-state index contributed by atoms with van der Waals surface area (Å²) >= 11 is 0. The highest BCUT2D eigenvalue weighted by Crippen LogP contribution is 2.26. The maximum Gasteiger partial charge on any atom is 0.481 e. The summed E-state index contributed by atoms with van der Waals surface area (Å²) in [5, 5.41) is 3.29. The van der Waals surface area contributed by atoms with Gasteiger partial charge in [0.05, 0.1) is 0 Å². The van der Waals surface area contributed by atoms with Gasteiger partial charge in [0.25, 0.3) is 0 Å². The van der Waals surface area contributed by atoms with E-state index in [-0.39, 0.29) is 29.7 Å². The van der Waals surface area contributed by atoms with Gasteiger partial charge in [0.15, 0.2) is 8.32 Å². The van der Waals surface area contributed by atoms with Crippen molar-refractivity contribution in [3.05, 3.63) is 0 Å². The summed E-state index contributed by atoms with van der Waals surface area (Å²) in [6.45, 7) is 12.9. The van der Waals surface area contributed by atoms with Crippen LogP contribution in [0.15, 0.2) is 0 Å². The molecule has 160 valence electrons. The lowest BCUT2D eigenvalue weighted by Gasteiger charge is -2.38. The minimum absolute atomic E-state index is 0. The maximum atomic E-state index is 6.35. The fraction of sp³-hybridized carbons (Fsp3) is 1.00. The highest BCUT2D eigenvalue weighted by molar-refractivity contribution is 6.84. The van der Waals surface area contributed by atoms with Gasteiger partial charge in [0.2, 0.25) is 0 Å². The predicted molar refractivity (Wildman–Crippen MR) is 121 cm³/mol. The fourth-order valence-corrected chi connectivity index (χ4v) is 11.7. The van der Waals surface area contributed by atoms with Crippen LogP contribution in [0, 0.1) is 0 Å². The van der Waals surface area contributed by atoms with E-state index in [2.05, 4.69) is 25.0 Å². The number of nitrogens with one attached hydrogen (secondary N) is 1. The first-order valence-corrected chi connectivity index (χ1v) is 15.7. The van der Waals surface area contributed by atoms with E-state index >= 15 is 0 Å². The minimum Gasteiger partial charge on any atom is -0.416 e. The van der Waals surface area contributed by atoms with E-state index in [1.807, 2.05) is 13.1 Å². The second-order valence-electron chi connectivity index (χ2n) is 6.45. The van der Waals surface area contributed by atoms with Gasteiger partial charge in [0, 0.05) is 33.4 Å². The number of rotatable bonds is 12. The normalized spacial score (nSPS) is 13.4. The van der Waals surface area contributed by atoms with Crippen LogP contribution >= 0.6 is 0 Å². The van der Waals surface area contributed by atoms with Crippen molar-refractivity contribution in [2.24, 2.45) is 5.73 Å². The zero-order valence-electron chi connectivity index (χ0n) is 14.7. The predicted octanol–water partition coefficient (Wildman–Crippen LogP) is 4.27. The summed E-state index contributed by atoms with van der Waals surface area (Å²) in [7, 11) is -3.29. The molecule has 0 aromatic carbocycles. The average Bonchev–Trinajstić information content (AvgIpc) is 2.36. The highest BCUT2D eigenvalue weighted by atomic mass is 28.5. The van der Waals surface area contributed by atoms with Gasteiger partial charge in [0.1, 0.15) is 0 Å². The van der Waals surface area contributed by atoms with E-state index in [0.29, 0.717) is 6.54 Å². The van der Waals surface area contributed by atoms with Gasteiger partial charge in [-0.05, 0) is 45.7 Å². The van der Waals surface area contributed by atoms with Crippen LogP contribution in [0.1, 0.15) is 36.1 Å². The smallest absolute Gasteiger partial charge is 0.416 e. The Bertz CT molecular complexity index is 293. The molecular weight excluding hydrogens is 368 g/mol. The van der Waals surface area contributed by atoms with Crippen LogP contribution in [0.2, 0.25) is 38.8 Å². The SMILES string of the molecule is C.C.C.C.CO[Si](C)(C)O[Si](CCCNCCN)(OC)O[Si](C)(C)C. The van der Waals surface area contributed by atoms with Crippen molar-refractivity contribution in [1.29, 1.82) is 0 Å². The molecule has 0 saturated carbocycles. The van der Waals surface area contributed by atoms with E-state index < -0.39 is 25.7 Å². The molecule has 0 radical (unpaired) electrons. The molecule has 25 heavy (non-hydrogen) atoms. The van der Waals surface area contributed by atoms with E-state index in [1.165, 1.54) is 0 Å². The van der Waals surface area contributed by atoms with Gasteiger partial charge in [-0.1, -0.05) is 29.7 Å². The molecule has 0 aliphatic rings. The summed E-state index contributed by atoms with van der Waals surface area (Å²) in [5.74, 6) is 0. The molecule has 1 unspecified atom stereocenters. The van der Waals surface area contributed by atoms with Crippen LogP contribution < -0.4 is 11.1 Å². The van der Waals surface area contributed by atoms with Crippen LogP contribution in [-0.2, 0) is 17.1 Å². The Kier molecular flexibility index (Phi) is 24.1. The van der Waals surface area contributed by atoms with Crippen molar-refractivity contribution in [3.63, 3.8) is 0 Å². The minimum atomic E-state index is -2.69. The standard InChI is InChI=1S/C12H34N2O4Si3.4CH4/c1-15-20(6,7)18-21(16-2,17-19(3,4)5)12-8-10-14-11-9-13;;;;/h14H,8-13H2,1-7H3;4*1H4. The fourth-order valence-electron chi connectivity index (χ4n) is 1.85. The van der Waals surface area contributed by atoms with Crippen LogP contribution in [0.25, 0.3) is 0 Å². The zero-order chi connectivity index (χ0) is 16.6. The van der Waals surface area contributed by atoms with Crippen molar-refractivity contribution >= 4 is 25.7 Å². The number of hydrogen-bond acceptors (Lipinski definition) is 6. The first-order chi connectivity index (χ1) is 9.60. The van der Waals surface area contributed by atoms with Crippen molar-refractivity contribution < 1.29 is 17.1 Å². The van der Waals surface area contributed by atoms with Crippen LogP contribution in [-0.4, -0.2) is 59.5 Å². The lowest BCUT2D eigenvalue weighted by atomic mass is 10.5. The molecule has 3 N–H and O–H groups in total. The lowest BCUT2D eigenvalue weighted by molar-refractivity contribution is 0.170. The summed E-state index contributed by atoms with van der Waals surface area (Å²) < 4.78 is 24.0. The topological polar surface area (TPSA) is 75.0 Å². The van der Waals surface area contributed by atoms with Gasteiger partial charge >= 0.3 is 17.4 Å². The summed E-state index contributed by atoms with van der Waals surface area (Å²) in [6.07, 6.45) is 0.943. The van der Waals surface area contributed by atoms with Gasteiger partial charge in [-0.2, -0.15) is 0 Å². The Labute approximate surface area is 162 Å². The average molecular weight is 419 g/mol. The van der Waals surface area contributed by atoms with Crippen molar-refractivity contribution in [3.8, 4) is 0 Å². The first kappa shape index (κ1) is 36.3. The first-order valence-electron chi connectivity index (χ1n) is 7.51. The Morgan fingerprint density at radius 1 is 0.800 bits per heavy atom. The van der Waals surface area contributed by atoms with E-state index in [1.54, 1.807) is 14.2 Å². The molecule has 0 aromatic rings. The molecule has 0 amide bonds. The van der Waals surface area contributed by atoms with Crippen molar-refractivity contribution in [1.82, 2.24) is 5.32 Å².